The predicted octanol–water partition coefficient (Wildman–Crippen LogP) is 4.02. The summed E-state index contributed by atoms with van der Waals surface area (Å²) in [5, 5.41) is 5.81. The largest absolute Gasteiger partial charge is 0.326 e. The lowest BCUT2D eigenvalue weighted by Gasteiger charge is -2.09. The van der Waals surface area contributed by atoms with Gasteiger partial charge in [-0.1, -0.05) is 11.6 Å². The van der Waals surface area contributed by atoms with E-state index in [1.807, 2.05) is 0 Å². The number of hydrogen-bond donors (Lipinski definition) is 2. The van der Waals surface area contributed by atoms with Crippen LogP contribution in [-0.4, -0.2) is 16.8 Å². The van der Waals surface area contributed by atoms with Gasteiger partial charge in [0.25, 0.3) is 5.91 Å². The third kappa shape index (κ3) is 3.84. The first-order chi connectivity index (χ1) is 10.4. The molecule has 0 radical (unpaired) electrons. The number of benzene rings is 1. The highest BCUT2D eigenvalue weighted by molar-refractivity contribution is 9.10. The lowest BCUT2D eigenvalue weighted by atomic mass is 10.2. The lowest BCUT2D eigenvalue weighted by Crippen LogP contribution is -2.13. The summed E-state index contributed by atoms with van der Waals surface area (Å²) >= 11 is 9.37. The second-order valence-corrected chi connectivity index (χ2v) is 5.77. The van der Waals surface area contributed by atoms with Crippen molar-refractivity contribution in [3.8, 4) is 0 Å². The van der Waals surface area contributed by atoms with Crippen molar-refractivity contribution in [1.82, 2.24) is 4.98 Å². The minimum Gasteiger partial charge on any atom is -0.326 e. The number of anilines is 2. The van der Waals surface area contributed by atoms with E-state index in [2.05, 4.69) is 31.5 Å². The molecule has 1 aromatic carbocycles. The van der Waals surface area contributed by atoms with Gasteiger partial charge in [-0.3, -0.25) is 14.6 Å². The van der Waals surface area contributed by atoms with Crippen molar-refractivity contribution < 1.29 is 9.59 Å². The van der Waals surface area contributed by atoms with Crippen LogP contribution in [0.4, 0.5) is 11.4 Å². The maximum atomic E-state index is 12.3. The van der Waals surface area contributed by atoms with Crippen LogP contribution in [0.5, 0.6) is 0 Å². The van der Waals surface area contributed by atoms with E-state index in [1.165, 1.54) is 13.1 Å². The first-order valence-corrected chi connectivity index (χ1v) is 7.55. The molecule has 2 amide bonds. The molecular formula is C15H13BrClN3O2. The van der Waals surface area contributed by atoms with Crippen molar-refractivity contribution in [3.05, 3.63) is 51.2 Å². The number of nitrogens with one attached hydrogen (secondary N) is 2. The van der Waals surface area contributed by atoms with Crippen molar-refractivity contribution in [2.24, 2.45) is 0 Å². The molecule has 0 fully saturated rings. The van der Waals surface area contributed by atoms with Gasteiger partial charge in [0, 0.05) is 24.5 Å². The average molecular weight is 383 g/mol. The number of carbonyl (C=O) groups is 2. The molecule has 0 unspecified atom stereocenters. The van der Waals surface area contributed by atoms with Gasteiger partial charge in [-0.2, -0.15) is 0 Å². The molecule has 0 aliphatic carbocycles. The Bertz CT molecular complexity index is 732. The molecular weight excluding hydrogens is 370 g/mol. The molecule has 7 heteroatoms. The first kappa shape index (κ1) is 16.5. The van der Waals surface area contributed by atoms with Crippen LogP contribution in [0.2, 0.25) is 5.02 Å². The Balaban J connectivity index is 2.15. The molecule has 0 saturated carbocycles. The second-order valence-electron chi connectivity index (χ2n) is 4.60. The summed E-state index contributed by atoms with van der Waals surface area (Å²) in [5.74, 6) is -0.477. The molecule has 0 aliphatic heterocycles. The van der Waals surface area contributed by atoms with Crippen molar-refractivity contribution >= 4 is 50.7 Å². The van der Waals surface area contributed by atoms with Crippen LogP contribution < -0.4 is 10.6 Å². The number of amides is 2. The van der Waals surface area contributed by atoms with E-state index in [4.69, 9.17) is 11.6 Å². The first-order valence-electron chi connectivity index (χ1n) is 6.38. The second kappa shape index (κ2) is 6.89. The van der Waals surface area contributed by atoms with E-state index in [9.17, 15) is 9.59 Å². The van der Waals surface area contributed by atoms with E-state index >= 15 is 0 Å². The van der Waals surface area contributed by atoms with E-state index < -0.39 is 0 Å². The zero-order valence-electron chi connectivity index (χ0n) is 11.9. The third-order valence-corrected chi connectivity index (χ3v) is 4.36. The predicted molar refractivity (Wildman–Crippen MR) is 90.4 cm³/mol. The van der Waals surface area contributed by atoms with Crippen LogP contribution in [0, 0.1) is 6.92 Å². The molecule has 0 bridgehead atoms. The molecule has 0 saturated heterocycles. The van der Waals surface area contributed by atoms with Gasteiger partial charge in [0.05, 0.1) is 20.8 Å². The quantitative estimate of drug-likeness (QED) is 0.842. The van der Waals surface area contributed by atoms with Crippen LogP contribution in [0.3, 0.4) is 0 Å². The molecule has 2 N–H and O–H groups in total. The molecule has 1 heterocycles. The van der Waals surface area contributed by atoms with E-state index in [0.29, 0.717) is 32.1 Å². The molecule has 1 aromatic heterocycles. The third-order valence-electron chi connectivity index (χ3n) is 2.84. The van der Waals surface area contributed by atoms with Crippen molar-refractivity contribution in [2.45, 2.75) is 13.8 Å². The number of rotatable bonds is 3. The van der Waals surface area contributed by atoms with E-state index in [1.54, 1.807) is 31.2 Å². The molecule has 114 valence electrons. The molecule has 5 nitrogen and oxygen atoms in total. The number of aromatic nitrogens is 1. The van der Waals surface area contributed by atoms with E-state index in [0.717, 1.165) is 0 Å². The number of carbonyl (C=O) groups excluding carboxylic acids is 2. The maximum Gasteiger partial charge on any atom is 0.258 e. The number of halogens is 2. The van der Waals surface area contributed by atoms with Gasteiger partial charge in [-0.25, -0.2) is 0 Å². The zero-order valence-corrected chi connectivity index (χ0v) is 14.2. The Kier molecular flexibility index (Phi) is 5.15. The minimum absolute atomic E-state index is 0.152. The summed E-state index contributed by atoms with van der Waals surface area (Å²) in [6.07, 6.45) is 1.46. The summed E-state index contributed by atoms with van der Waals surface area (Å²) in [5.41, 5.74) is 2.25. The molecule has 2 aromatic rings. The summed E-state index contributed by atoms with van der Waals surface area (Å²) in [6.45, 7) is 3.19. The molecule has 0 atom stereocenters. The van der Waals surface area contributed by atoms with Crippen LogP contribution in [-0.2, 0) is 4.79 Å². The number of hydrogen-bond acceptors (Lipinski definition) is 3. The highest BCUT2D eigenvalue weighted by atomic mass is 79.9. The van der Waals surface area contributed by atoms with Gasteiger partial charge in [-0.15, -0.1) is 0 Å². The molecule has 0 spiro atoms. The fourth-order valence-electron chi connectivity index (χ4n) is 1.75. The highest BCUT2D eigenvalue weighted by Gasteiger charge is 2.15. The number of pyridine rings is 1. The summed E-state index contributed by atoms with van der Waals surface area (Å²) in [7, 11) is 0. The van der Waals surface area contributed by atoms with Crippen molar-refractivity contribution in [2.75, 3.05) is 10.6 Å². The Morgan fingerprint density at radius 1 is 1.14 bits per heavy atom. The van der Waals surface area contributed by atoms with Gasteiger partial charge in [-0.05, 0) is 47.1 Å². The van der Waals surface area contributed by atoms with Crippen LogP contribution >= 0.6 is 27.5 Å². The van der Waals surface area contributed by atoms with Crippen LogP contribution in [0.25, 0.3) is 0 Å². The Morgan fingerprint density at radius 2 is 1.68 bits per heavy atom. The minimum atomic E-state index is -0.325. The summed E-state index contributed by atoms with van der Waals surface area (Å²) in [6, 6.07) is 6.79. The van der Waals surface area contributed by atoms with Crippen molar-refractivity contribution in [1.29, 1.82) is 0 Å². The summed E-state index contributed by atoms with van der Waals surface area (Å²) < 4.78 is 0.508. The SMILES string of the molecule is CC(=O)Nc1ccc(NC(=O)c2cnc(C)c(Cl)c2Br)cc1. The van der Waals surface area contributed by atoms with Gasteiger partial charge in [0.15, 0.2) is 0 Å². The van der Waals surface area contributed by atoms with Crippen LogP contribution in [0.15, 0.2) is 34.9 Å². The highest BCUT2D eigenvalue weighted by Crippen LogP contribution is 2.28. The molecule has 2 rings (SSSR count). The maximum absolute atomic E-state index is 12.3. The fourth-order valence-corrected chi connectivity index (χ4v) is 2.47. The topological polar surface area (TPSA) is 71.1 Å². The number of nitrogens with zero attached hydrogens (tertiary/aromatic N) is 1. The molecule has 22 heavy (non-hydrogen) atoms. The van der Waals surface area contributed by atoms with Gasteiger partial charge >= 0.3 is 0 Å². The Morgan fingerprint density at radius 3 is 2.23 bits per heavy atom. The fraction of sp³-hybridized carbons (Fsp3) is 0.133. The van der Waals surface area contributed by atoms with Crippen molar-refractivity contribution in [3.63, 3.8) is 0 Å². The van der Waals surface area contributed by atoms with Crippen LogP contribution in [0.1, 0.15) is 23.0 Å². The van der Waals surface area contributed by atoms with Gasteiger partial charge in [0.1, 0.15) is 0 Å². The van der Waals surface area contributed by atoms with Gasteiger partial charge < -0.3 is 10.6 Å². The normalized spacial score (nSPS) is 10.2. The average Bonchev–Trinajstić information content (AvgIpc) is 2.46. The lowest BCUT2D eigenvalue weighted by molar-refractivity contribution is -0.114. The zero-order chi connectivity index (χ0) is 16.3. The Hall–Kier alpha value is -1.92. The Labute approximate surface area is 141 Å². The molecule has 0 aliphatic rings. The monoisotopic (exact) mass is 381 g/mol. The van der Waals surface area contributed by atoms with Gasteiger partial charge in [0.2, 0.25) is 5.91 Å². The van der Waals surface area contributed by atoms with E-state index in [-0.39, 0.29) is 11.8 Å². The standard InChI is InChI=1S/C15H13BrClN3O2/c1-8-14(17)13(16)12(7-18-8)15(22)20-11-5-3-10(4-6-11)19-9(2)21/h3-7H,1-2H3,(H,19,21)(H,20,22). The summed E-state index contributed by atoms with van der Waals surface area (Å²) in [4.78, 5) is 27.3. The smallest absolute Gasteiger partial charge is 0.258 e. The number of aryl methyl sites for hydroxylation is 1.